The number of ether oxygens (including phenoxy) is 1. The first-order valence-electron chi connectivity index (χ1n) is 12.7. The zero-order valence-electron chi connectivity index (χ0n) is 21.7. The van der Waals surface area contributed by atoms with Crippen molar-refractivity contribution >= 4 is 40.7 Å². The first-order chi connectivity index (χ1) is 19.0. The van der Waals surface area contributed by atoms with E-state index in [-0.39, 0.29) is 12.5 Å². The standard InChI is InChI=1S/C29H29N5O4S/c1-18(28(36)34-26-14-8-7-13-24(26)32-33-34)30-27(35)25(15-16-39-2)31-29(37)38-17-23-21-11-5-3-9-19(21)20-10-4-6-12-22(20)23/h3-14,18,23,25H,15-17H2,1-2H3,(H,30,35)(H,31,37)/t18-,25-/m0/s1. The minimum Gasteiger partial charge on any atom is -0.449 e. The molecule has 0 bridgehead atoms. The second kappa shape index (κ2) is 11.7. The summed E-state index contributed by atoms with van der Waals surface area (Å²) in [7, 11) is 0. The zero-order chi connectivity index (χ0) is 27.4. The normalized spacial score (nSPS) is 13.8. The fourth-order valence-corrected chi connectivity index (χ4v) is 5.35. The summed E-state index contributed by atoms with van der Waals surface area (Å²) in [6.07, 6.45) is 1.62. The van der Waals surface area contributed by atoms with Gasteiger partial charge in [-0.15, -0.1) is 5.10 Å². The van der Waals surface area contributed by atoms with Crippen LogP contribution in [0, 0.1) is 0 Å². The molecule has 1 heterocycles. The van der Waals surface area contributed by atoms with Crippen LogP contribution in [0.15, 0.2) is 72.8 Å². The molecular weight excluding hydrogens is 514 g/mol. The summed E-state index contributed by atoms with van der Waals surface area (Å²) >= 11 is 1.56. The second-order valence-electron chi connectivity index (χ2n) is 9.36. The maximum Gasteiger partial charge on any atom is 0.407 e. The lowest BCUT2D eigenvalue weighted by molar-refractivity contribution is -0.123. The Bertz CT molecular complexity index is 1470. The smallest absolute Gasteiger partial charge is 0.407 e. The number of carbonyl (C=O) groups excluding carboxylic acids is 3. The predicted octanol–water partition coefficient (Wildman–Crippen LogP) is 4.24. The summed E-state index contributed by atoms with van der Waals surface area (Å²) in [5, 5.41) is 13.3. The number of alkyl carbamates (subject to hydrolysis) is 1. The van der Waals surface area contributed by atoms with Gasteiger partial charge in [-0.2, -0.15) is 16.4 Å². The average molecular weight is 544 g/mol. The van der Waals surface area contributed by atoms with Crippen LogP contribution in [-0.2, 0) is 9.53 Å². The largest absolute Gasteiger partial charge is 0.449 e. The van der Waals surface area contributed by atoms with Crippen molar-refractivity contribution in [1.82, 2.24) is 25.6 Å². The molecule has 2 N–H and O–H groups in total. The van der Waals surface area contributed by atoms with Gasteiger partial charge in [-0.05, 0) is 59.7 Å². The molecule has 4 aromatic rings. The number of para-hydroxylation sites is 1. The van der Waals surface area contributed by atoms with Gasteiger partial charge >= 0.3 is 6.09 Å². The molecule has 1 aliphatic carbocycles. The van der Waals surface area contributed by atoms with Crippen molar-refractivity contribution in [2.45, 2.75) is 31.3 Å². The Hall–Kier alpha value is -4.18. The minimum absolute atomic E-state index is 0.0863. The van der Waals surface area contributed by atoms with Crippen LogP contribution in [-0.4, -0.2) is 63.6 Å². The molecule has 2 atom stereocenters. The fourth-order valence-electron chi connectivity index (χ4n) is 4.88. The third-order valence-corrected chi connectivity index (χ3v) is 7.50. The molecule has 200 valence electrons. The molecule has 10 heteroatoms. The van der Waals surface area contributed by atoms with Gasteiger partial charge < -0.3 is 15.4 Å². The van der Waals surface area contributed by atoms with E-state index >= 15 is 0 Å². The molecule has 1 aliphatic rings. The Labute approximate surface area is 230 Å². The van der Waals surface area contributed by atoms with Crippen molar-refractivity contribution in [3.63, 3.8) is 0 Å². The van der Waals surface area contributed by atoms with Crippen molar-refractivity contribution in [3.05, 3.63) is 83.9 Å². The Balaban J connectivity index is 1.22. The fraction of sp³-hybridized carbons (Fsp3) is 0.276. The molecule has 1 aromatic heterocycles. The first kappa shape index (κ1) is 26.4. The molecule has 5 rings (SSSR count). The highest BCUT2D eigenvalue weighted by atomic mass is 32.2. The van der Waals surface area contributed by atoms with E-state index in [1.54, 1.807) is 36.9 Å². The highest BCUT2D eigenvalue weighted by molar-refractivity contribution is 7.98. The summed E-state index contributed by atoms with van der Waals surface area (Å²) in [6, 6.07) is 21.5. The molecule has 0 saturated carbocycles. The molecular formula is C29H29N5O4S. The van der Waals surface area contributed by atoms with Crippen LogP contribution in [0.5, 0.6) is 0 Å². The lowest BCUT2D eigenvalue weighted by Crippen LogP contribution is -2.52. The number of aromatic nitrogens is 3. The Kier molecular flexibility index (Phi) is 7.92. The highest BCUT2D eigenvalue weighted by Gasteiger charge is 2.30. The van der Waals surface area contributed by atoms with Crippen molar-refractivity contribution < 1.29 is 19.1 Å². The number of fused-ring (bicyclic) bond motifs is 4. The molecule has 0 spiro atoms. The minimum atomic E-state index is -0.885. The molecule has 0 aliphatic heterocycles. The molecule has 3 aromatic carbocycles. The van der Waals surface area contributed by atoms with Crippen molar-refractivity contribution in [2.75, 3.05) is 18.6 Å². The topological polar surface area (TPSA) is 115 Å². The van der Waals surface area contributed by atoms with Gasteiger partial charge in [0.05, 0.1) is 5.52 Å². The van der Waals surface area contributed by atoms with Gasteiger partial charge in [-0.25, -0.2) is 4.79 Å². The van der Waals surface area contributed by atoms with Gasteiger partial charge in [0.15, 0.2) is 0 Å². The lowest BCUT2D eigenvalue weighted by atomic mass is 9.98. The Morgan fingerprint density at radius 1 is 0.949 bits per heavy atom. The van der Waals surface area contributed by atoms with E-state index in [4.69, 9.17) is 4.74 Å². The molecule has 2 amide bonds. The first-order valence-corrected chi connectivity index (χ1v) is 14.1. The number of nitrogens with zero attached hydrogens (tertiary/aromatic N) is 3. The van der Waals surface area contributed by atoms with E-state index in [2.05, 4.69) is 33.1 Å². The maximum absolute atomic E-state index is 13.1. The van der Waals surface area contributed by atoms with Crippen LogP contribution in [0.2, 0.25) is 0 Å². The molecule has 9 nitrogen and oxygen atoms in total. The summed E-state index contributed by atoms with van der Waals surface area (Å²) in [4.78, 5) is 39.0. The van der Waals surface area contributed by atoms with Crippen molar-refractivity contribution in [3.8, 4) is 11.1 Å². The van der Waals surface area contributed by atoms with Gasteiger partial charge in [-0.1, -0.05) is 65.9 Å². The van der Waals surface area contributed by atoms with Gasteiger partial charge in [0, 0.05) is 5.92 Å². The summed E-state index contributed by atoms with van der Waals surface area (Å²) in [5.41, 5.74) is 5.63. The Morgan fingerprint density at radius 3 is 2.28 bits per heavy atom. The van der Waals surface area contributed by atoms with Crippen LogP contribution in [0.4, 0.5) is 4.79 Å². The van der Waals surface area contributed by atoms with Gasteiger partial charge in [-0.3, -0.25) is 9.59 Å². The van der Waals surface area contributed by atoms with E-state index in [1.807, 2.05) is 48.7 Å². The molecule has 0 saturated heterocycles. The molecule has 0 unspecified atom stereocenters. The van der Waals surface area contributed by atoms with Crippen LogP contribution in [0.1, 0.15) is 35.2 Å². The van der Waals surface area contributed by atoms with E-state index in [1.165, 1.54) is 4.68 Å². The summed E-state index contributed by atoms with van der Waals surface area (Å²) < 4.78 is 6.81. The molecule has 39 heavy (non-hydrogen) atoms. The molecule has 0 radical (unpaired) electrons. The van der Waals surface area contributed by atoms with Crippen LogP contribution >= 0.6 is 11.8 Å². The third-order valence-electron chi connectivity index (χ3n) is 6.85. The third kappa shape index (κ3) is 5.51. The van der Waals surface area contributed by atoms with E-state index in [0.29, 0.717) is 23.2 Å². The number of nitrogens with one attached hydrogen (secondary N) is 2. The average Bonchev–Trinajstić information content (AvgIpc) is 3.53. The van der Waals surface area contributed by atoms with E-state index < -0.39 is 30.0 Å². The second-order valence-corrected chi connectivity index (χ2v) is 10.3. The number of hydrogen-bond acceptors (Lipinski definition) is 7. The van der Waals surface area contributed by atoms with Gasteiger partial charge in [0.1, 0.15) is 24.2 Å². The molecule has 0 fully saturated rings. The predicted molar refractivity (Wildman–Crippen MR) is 151 cm³/mol. The van der Waals surface area contributed by atoms with Crippen LogP contribution in [0.3, 0.4) is 0 Å². The number of benzene rings is 3. The number of carbonyl (C=O) groups is 3. The van der Waals surface area contributed by atoms with Gasteiger partial charge in [0.2, 0.25) is 5.91 Å². The van der Waals surface area contributed by atoms with Crippen molar-refractivity contribution in [1.29, 1.82) is 0 Å². The number of hydrogen-bond donors (Lipinski definition) is 2. The summed E-state index contributed by atoms with van der Waals surface area (Å²) in [5.74, 6) is -0.348. The van der Waals surface area contributed by atoms with E-state index in [9.17, 15) is 14.4 Å². The lowest BCUT2D eigenvalue weighted by Gasteiger charge is -2.21. The number of thioether (sulfide) groups is 1. The Morgan fingerprint density at radius 2 is 1.59 bits per heavy atom. The number of amides is 2. The zero-order valence-corrected chi connectivity index (χ0v) is 22.5. The summed E-state index contributed by atoms with van der Waals surface area (Å²) in [6.45, 7) is 1.72. The van der Waals surface area contributed by atoms with E-state index in [0.717, 1.165) is 22.3 Å². The SMILES string of the molecule is CSCC[C@H](NC(=O)OCC1c2ccccc2-c2ccccc21)C(=O)N[C@@H](C)C(=O)n1nnc2ccccc21. The van der Waals surface area contributed by atoms with Crippen LogP contribution < -0.4 is 10.6 Å². The monoisotopic (exact) mass is 543 g/mol. The maximum atomic E-state index is 13.1. The van der Waals surface area contributed by atoms with Crippen molar-refractivity contribution in [2.24, 2.45) is 0 Å². The van der Waals surface area contributed by atoms with Gasteiger partial charge in [0.25, 0.3) is 5.91 Å². The highest BCUT2D eigenvalue weighted by Crippen LogP contribution is 2.44. The van der Waals surface area contributed by atoms with Crippen LogP contribution in [0.25, 0.3) is 22.2 Å². The quantitative estimate of drug-likeness (QED) is 0.325. The number of rotatable bonds is 9.